The molecule has 0 spiro atoms. The van der Waals surface area contributed by atoms with Crippen LogP contribution in [0.15, 0.2) is 42.5 Å². The zero-order valence-corrected chi connectivity index (χ0v) is 12.2. The Morgan fingerprint density at radius 2 is 1.81 bits per heavy atom. The lowest BCUT2D eigenvalue weighted by Gasteiger charge is -2.10. The number of aryl methyl sites for hydroxylation is 2. The molecule has 0 saturated carbocycles. The van der Waals surface area contributed by atoms with Crippen molar-refractivity contribution in [1.29, 1.82) is 0 Å². The van der Waals surface area contributed by atoms with E-state index in [2.05, 4.69) is 18.2 Å². The van der Waals surface area contributed by atoms with Gasteiger partial charge >= 0.3 is 0 Å². The van der Waals surface area contributed by atoms with Crippen LogP contribution in [0.2, 0.25) is 0 Å². The third kappa shape index (κ3) is 4.08. The maximum atomic E-state index is 10.1. The second-order valence-electron chi connectivity index (χ2n) is 5.75. The van der Waals surface area contributed by atoms with Crippen LogP contribution in [0.5, 0.6) is 11.5 Å². The molecular formula is C19H21O2. The van der Waals surface area contributed by atoms with Crippen LogP contribution in [-0.2, 0) is 12.8 Å². The van der Waals surface area contributed by atoms with E-state index in [0.717, 1.165) is 50.0 Å². The lowest BCUT2D eigenvalue weighted by atomic mass is 10.0. The van der Waals surface area contributed by atoms with Gasteiger partial charge in [-0.3, -0.25) is 0 Å². The molecule has 2 aromatic rings. The molecule has 2 aromatic carbocycles. The van der Waals surface area contributed by atoms with Crippen molar-refractivity contribution in [2.75, 3.05) is 0 Å². The van der Waals surface area contributed by atoms with Crippen molar-refractivity contribution in [3.05, 3.63) is 59.7 Å². The lowest BCUT2D eigenvalue weighted by molar-refractivity contribution is 0.151. The molecule has 4 rings (SSSR count). The van der Waals surface area contributed by atoms with Crippen molar-refractivity contribution < 1.29 is 9.84 Å². The Labute approximate surface area is 126 Å². The average molecular weight is 281 g/mol. The van der Waals surface area contributed by atoms with E-state index in [1.165, 1.54) is 11.1 Å². The SMILES string of the molecule is O[C@@H]1CCCCc2ccc(cc2)Oc2[c]ccc(c2)CC1. The molecule has 0 amide bonds. The van der Waals surface area contributed by atoms with Crippen LogP contribution < -0.4 is 4.74 Å². The quantitative estimate of drug-likeness (QED) is 0.780. The van der Waals surface area contributed by atoms with Gasteiger partial charge in [0.25, 0.3) is 0 Å². The number of hydrogen-bond donors (Lipinski definition) is 1. The number of aliphatic hydroxyl groups excluding tert-OH is 1. The monoisotopic (exact) mass is 281 g/mol. The van der Waals surface area contributed by atoms with E-state index in [1.54, 1.807) is 0 Å². The first-order valence-corrected chi connectivity index (χ1v) is 7.75. The molecule has 0 unspecified atom stereocenters. The standard InChI is InChI=1S/C19H21O2/c20-17-6-2-1-4-15-9-12-18(13-10-15)21-19-7-3-5-16(14-19)8-11-17/h3,5,9-10,12-14,17,20H,1-2,4,6,8,11H2/t17-/m1/s1. The first-order valence-electron chi connectivity index (χ1n) is 7.75. The van der Waals surface area contributed by atoms with Gasteiger partial charge < -0.3 is 9.84 Å². The fourth-order valence-corrected chi connectivity index (χ4v) is 2.74. The van der Waals surface area contributed by atoms with Gasteiger partial charge in [-0.1, -0.05) is 30.7 Å². The van der Waals surface area contributed by atoms with Gasteiger partial charge in [0, 0.05) is 6.07 Å². The maximum Gasteiger partial charge on any atom is 0.135 e. The van der Waals surface area contributed by atoms with E-state index in [1.807, 2.05) is 30.3 Å². The second-order valence-corrected chi connectivity index (χ2v) is 5.75. The van der Waals surface area contributed by atoms with E-state index < -0.39 is 0 Å². The Morgan fingerprint density at radius 1 is 0.952 bits per heavy atom. The Kier molecular flexibility index (Phi) is 4.56. The van der Waals surface area contributed by atoms with Crippen LogP contribution >= 0.6 is 0 Å². The van der Waals surface area contributed by atoms with E-state index in [0.29, 0.717) is 0 Å². The molecule has 1 atom stereocenters. The fraction of sp³-hybridized carbons (Fsp3) is 0.368. The van der Waals surface area contributed by atoms with Gasteiger partial charge in [0.1, 0.15) is 11.5 Å². The Morgan fingerprint density at radius 3 is 2.67 bits per heavy atom. The highest BCUT2D eigenvalue weighted by Gasteiger charge is 2.07. The minimum atomic E-state index is -0.203. The summed E-state index contributed by atoms with van der Waals surface area (Å²) in [5.74, 6) is 1.59. The molecule has 2 heterocycles. The smallest absolute Gasteiger partial charge is 0.135 e. The van der Waals surface area contributed by atoms with Crippen LogP contribution in [0, 0.1) is 6.07 Å². The first-order chi connectivity index (χ1) is 10.3. The summed E-state index contributed by atoms with van der Waals surface area (Å²) in [4.78, 5) is 0. The molecule has 109 valence electrons. The number of hydrogen-bond acceptors (Lipinski definition) is 2. The van der Waals surface area contributed by atoms with Gasteiger partial charge in [-0.2, -0.15) is 0 Å². The van der Waals surface area contributed by atoms with E-state index in [4.69, 9.17) is 4.74 Å². The van der Waals surface area contributed by atoms with E-state index in [9.17, 15) is 5.11 Å². The van der Waals surface area contributed by atoms with Crippen molar-refractivity contribution in [1.82, 2.24) is 0 Å². The highest BCUT2D eigenvalue weighted by atomic mass is 16.5. The van der Waals surface area contributed by atoms with Crippen LogP contribution in [0.25, 0.3) is 0 Å². The number of benzene rings is 2. The predicted molar refractivity (Wildman–Crippen MR) is 83.7 cm³/mol. The molecule has 1 N–H and O–H groups in total. The Bertz CT molecular complexity index is 574. The predicted octanol–water partition coefficient (Wildman–Crippen LogP) is 4.30. The average Bonchev–Trinajstić information content (AvgIpc) is 2.51. The minimum Gasteiger partial charge on any atom is -0.457 e. The molecule has 2 nitrogen and oxygen atoms in total. The van der Waals surface area contributed by atoms with Crippen molar-refractivity contribution >= 4 is 0 Å². The topological polar surface area (TPSA) is 29.5 Å². The maximum absolute atomic E-state index is 10.1. The summed E-state index contributed by atoms with van der Waals surface area (Å²) in [6, 6.07) is 17.3. The van der Waals surface area contributed by atoms with Gasteiger partial charge in [-0.25, -0.2) is 0 Å². The summed E-state index contributed by atoms with van der Waals surface area (Å²) in [6.45, 7) is 0. The zero-order chi connectivity index (χ0) is 14.5. The molecule has 2 aliphatic heterocycles. The Hall–Kier alpha value is -1.80. The molecule has 1 radical (unpaired) electrons. The number of rotatable bonds is 0. The highest BCUT2D eigenvalue weighted by Crippen LogP contribution is 2.24. The van der Waals surface area contributed by atoms with Crippen LogP contribution in [0.4, 0.5) is 0 Å². The summed E-state index contributed by atoms with van der Waals surface area (Å²) >= 11 is 0. The van der Waals surface area contributed by atoms with Crippen molar-refractivity contribution in [2.45, 2.75) is 44.6 Å². The molecule has 21 heavy (non-hydrogen) atoms. The summed E-state index contributed by atoms with van der Waals surface area (Å²) in [5, 5.41) is 10.1. The summed E-state index contributed by atoms with van der Waals surface area (Å²) in [6.07, 6.45) is 5.64. The molecule has 0 saturated heterocycles. The van der Waals surface area contributed by atoms with Gasteiger partial charge in [-0.15, -0.1) is 0 Å². The fourth-order valence-electron chi connectivity index (χ4n) is 2.74. The Balaban J connectivity index is 1.83. The third-order valence-corrected chi connectivity index (χ3v) is 4.01. The highest BCUT2D eigenvalue weighted by molar-refractivity contribution is 5.34. The summed E-state index contributed by atoms with van der Waals surface area (Å²) < 4.78 is 5.86. The normalized spacial score (nSPS) is 19.4. The molecular weight excluding hydrogens is 260 g/mol. The number of fused-ring (bicyclic) bond motifs is 8. The van der Waals surface area contributed by atoms with E-state index >= 15 is 0 Å². The van der Waals surface area contributed by atoms with Gasteiger partial charge in [0.15, 0.2) is 0 Å². The molecule has 2 aliphatic rings. The third-order valence-electron chi connectivity index (χ3n) is 4.01. The van der Waals surface area contributed by atoms with E-state index in [-0.39, 0.29) is 6.10 Å². The molecule has 4 bridgehead atoms. The van der Waals surface area contributed by atoms with Crippen molar-refractivity contribution in [2.24, 2.45) is 0 Å². The van der Waals surface area contributed by atoms with Crippen LogP contribution in [0.3, 0.4) is 0 Å². The van der Waals surface area contributed by atoms with Crippen molar-refractivity contribution in [3.8, 4) is 11.5 Å². The molecule has 2 heteroatoms. The largest absolute Gasteiger partial charge is 0.457 e. The number of ether oxygens (including phenoxy) is 1. The summed E-state index contributed by atoms with van der Waals surface area (Å²) in [5.41, 5.74) is 2.51. The van der Waals surface area contributed by atoms with Gasteiger partial charge in [0.05, 0.1) is 6.10 Å². The summed E-state index contributed by atoms with van der Waals surface area (Å²) in [7, 11) is 0. The van der Waals surface area contributed by atoms with Gasteiger partial charge in [0.2, 0.25) is 0 Å². The van der Waals surface area contributed by atoms with Crippen LogP contribution in [0.1, 0.15) is 36.8 Å². The first kappa shape index (κ1) is 14.2. The second kappa shape index (κ2) is 6.77. The number of aliphatic hydroxyl groups is 1. The lowest BCUT2D eigenvalue weighted by Crippen LogP contribution is -2.08. The molecule has 0 fully saturated rings. The minimum absolute atomic E-state index is 0.203. The van der Waals surface area contributed by atoms with Crippen LogP contribution in [-0.4, -0.2) is 11.2 Å². The molecule has 0 aliphatic carbocycles. The zero-order valence-electron chi connectivity index (χ0n) is 12.2. The van der Waals surface area contributed by atoms with Gasteiger partial charge in [-0.05, 0) is 61.4 Å². The van der Waals surface area contributed by atoms with Crippen molar-refractivity contribution in [3.63, 3.8) is 0 Å². The molecule has 0 aromatic heterocycles.